The number of carbonyl (C=O) groups is 1. The van der Waals surface area contributed by atoms with E-state index in [0.717, 1.165) is 62.9 Å². The van der Waals surface area contributed by atoms with E-state index in [1.54, 1.807) is 6.08 Å². The first-order valence-corrected chi connectivity index (χ1v) is 11.7. The Morgan fingerprint density at radius 3 is 2.52 bits per heavy atom. The van der Waals surface area contributed by atoms with E-state index in [1.165, 1.54) is 11.1 Å². The molecule has 3 heteroatoms. The molecule has 1 aromatic carbocycles. The number of hydrogen-bond donors (Lipinski definition) is 1. The Hall–Kier alpha value is -2.39. The number of rotatable bonds is 12. The summed E-state index contributed by atoms with van der Waals surface area (Å²) in [6.45, 7) is 17.4. The Morgan fingerprint density at radius 2 is 1.97 bits per heavy atom. The predicted octanol–water partition coefficient (Wildman–Crippen LogP) is 5.95. The summed E-state index contributed by atoms with van der Waals surface area (Å²) in [7, 11) is 0. The zero-order chi connectivity index (χ0) is 22.9. The zero-order valence-electron chi connectivity index (χ0n) is 19.7. The first-order chi connectivity index (χ1) is 14.9. The van der Waals surface area contributed by atoms with Crippen molar-refractivity contribution in [3.05, 3.63) is 84.0 Å². The summed E-state index contributed by atoms with van der Waals surface area (Å²) in [5, 5.41) is 0. The van der Waals surface area contributed by atoms with Crippen LogP contribution in [0.3, 0.4) is 0 Å². The average Bonchev–Trinajstić information content (AvgIpc) is 3.24. The molecule has 168 valence electrons. The van der Waals surface area contributed by atoms with Crippen LogP contribution in [0.1, 0.15) is 58.4 Å². The monoisotopic (exact) mass is 420 g/mol. The molecule has 0 spiro atoms. The second-order valence-electron chi connectivity index (χ2n) is 8.59. The number of hydrogen-bond acceptors (Lipinski definition) is 2. The van der Waals surface area contributed by atoms with Crippen LogP contribution in [0.4, 0.5) is 0 Å². The minimum absolute atomic E-state index is 0.126. The van der Waals surface area contributed by atoms with E-state index < -0.39 is 5.41 Å². The summed E-state index contributed by atoms with van der Waals surface area (Å²) in [5.74, 6) is -0.163. The highest BCUT2D eigenvalue weighted by molar-refractivity contribution is 5.92. The molecule has 0 radical (unpaired) electrons. The Kier molecular flexibility index (Phi) is 9.51. The average molecular weight is 421 g/mol. The van der Waals surface area contributed by atoms with Gasteiger partial charge in [0, 0.05) is 13.1 Å². The smallest absolute Gasteiger partial charge is 0.232 e. The van der Waals surface area contributed by atoms with Gasteiger partial charge in [-0.1, -0.05) is 93.1 Å². The summed E-state index contributed by atoms with van der Waals surface area (Å²) < 4.78 is 0. The zero-order valence-corrected chi connectivity index (χ0v) is 19.7. The number of benzene rings is 1. The van der Waals surface area contributed by atoms with Crippen molar-refractivity contribution >= 4 is 5.91 Å². The number of amides is 1. The maximum atomic E-state index is 13.1. The van der Waals surface area contributed by atoms with Crippen molar-refractivity contribution in [2.24, 2.45) is 11.7 Å². The molecule has 1 aliphatic heterocycles. The first kappa shape index (κ1) is 24.9. The van der Waals surface area contributed by atoms with Gasteiger partial charge in [0.2, 0.25) is 5.91 Å². The Morgan fingerprint density at radius 1 is 1.26 bits per heavy atom. The van der Waals surface area contributed by atoms with Gasteiger partial charge in [0.1, 0.15) is 5.41 Å². The summed E-state index contributed by atoms with van der Waals surface area (Å²) in [6, 6.07) is 10.00. The maximum Gasteiger partial charge on any atom is 0.232 e. The van der Waals surface area contributed by atoms with E-state index in [0.29, 0.717) is 0 Å². The van der Waals surface area contributed by atoms with E-state index in [2.05, 4.69) is 38.0 Å². The van der Waals surface area contributed by atoms with Crippen LogP contribution in [-0.4, -0.2) is 30.4 Å². The summed E-state index contributed by atoms with van der Waals surface area (Å²) >= 11 is 0. The van der Waals surface area contributed by atoms with E-state index in [9.17, 15) is 4.79 Å². The van der Waals surface area contributed by atoms with Crippen molar-refractivity contribution < 1.29 is 4.79 Å². The minimum Gasteiger partial charge on any atom is -0.369 e. The Balaban J connectivity index is 2.25. The fourth-order valence-electron chi connectivity index (χ4n) is 5.06. The summed E-state index contributed by atoms with van der Waals surface area (Å²) in [5.41, 5.74) is 9.84. The minimum atomic E-state index is -0.842. The van der Waals surface area contributed by atoms with E-state index >= 15 is 0 Å². The number of allylic oxidation sites excluding steroid dienone is 4. The van der Waals surface area contributed by atoms with Crippen molar-refractivity contribution in [2.45, 2.75) is 58.3 Å². The van der Waals surface area contributed by atoms with Gasteiger partial charge in [-0.3, -0.25) is 4.79 Å². The number of likely N-dealkylation sites (tertiary alicyclic amines) is 1. The number of primary amides is 1. The molecular weight excluding hydrogens is 380 g/mol. The Labute approximate surface area is 189 Å². The molecule has 1 heterocycles. The summed E-state index contributed by atoms with van der Waals surface area (Å²) in [4.78, 5) is 15.5. The normalized spacial score (nSPS) is 19.8. The van der Waals surface area contributed by atoms with Gasteiger partial charge in [0.25, 0.3) is 0 Å². The molecular formula is C28H40N2O. The highest BCUT2D eigenvalue weighted by Crippen LogP contribution is 2.44. The maximum absolute atomic E-state index is 13.1. The van der Waals surface area contributed by atoms with Crippen LogP contribution < -0.4 is 5.73 Å². The molecule has 2 rings (SSSR count). The molecule has 3 nitrogen and oxygen atoms in total. The van der Waals surface area contributed by atoms with Crippen LogP contribution in [0.5, 0.6) is 0 Å². The molecule has 1 amide bonds. The molecule has 1 saturated heterocycles. The van der Waals surface area contributed by atoms with E-state index in [1.807, 2.05) is 43.3 Å². The first-order valence-electron chi connectivity index (χ1n) is 11.7. The molecule has 1 unspecified atom stereocenters. The van der Waals surface area contributed by atoms with Crippen LogP contribution >= 0.6 is 0 Å². The fourth-order valence-corrected chi connectivity index (χ4v) is 5.06. The van der Waals surface area contributed by atoms with Gasteiger partial charge >= 0.3 is 0 Å². The van der Waals surface area contributed by atoms with Crippen molar-refractivity contribution in [2.75, 3.05) is 19.6 Å². The van der Waals surface area contributed by atoms with Crippen molar-refractivity contribution in [1.29, 1.82) is 0 Å². The van der Waals surface area contributed by atoms with Crippen LogP contribution in [0.2, 0.25) is 0 Å². The van der Waals surface area contributed by atoms with Gasteiger partial charge in [-0.05, 0) is 56.2 Å². The molecule has 2 atom stereocenters. The second kappa shape index (κ2) is 11.9. The van der Waals surface area contributed by atoms with Gasteiger partial charge in [-0.25, -0.2) is 0 Å². The second-order valence-corrected chi connectivity index (χ2v) is 8.59. The van der Waals surface area contributed by atoms with Crippen LogP contribution in [-0.2, 0) is 10.2 Å². The van der Waals surface area contributed by atoms with E-state index in [-0.39, 0.29) is 11.8 Å². The SMILES string of the molecule is C=C/C(=C\C)C(C(N)=O)(c1ccccc1)[C@@H]1CCN(CC/C(=C/C(=C)CCC)CC)C1. The highest BCUT2D eigenvalue weighted by Gasteiger charge is 2.49. The molecule has 0 aliphatic carbocycles. The lowest BCUT2D eigenvalue weighted by Crippen LogP contribution is -2.49. The largest absolute Gasteiger partial charge is 0.369 e. The molecule has 0 saturated carbocycles. The molecule has 0 aromatic heterocycles. The third kappa shape index (κ3) is 5.65. The lowest BCUT2D eigenvalue weighted by molar-refractivity contribution is -0.123. The molecule has 1 aromatic rings. The van der Waals surface area contributed by atoms with Gasteiger partial charge in [0.05, 0.1) is 0 Å². The van der Waals surface area contributed by atoms with Crippen LogP contribution in [0.15, 0.2) is 78.4 Å². The molecule has 1 fully saturated rings. The molecule has 2 N–H and O–H groups in total. The molecule has 0 bridgehead atoms. The lowest BCUT2D eigenvalue weighted by Gasteiger charge is -2.38. The third-order valence-corrected chi connectivity index (χ3v) is 6.67. The quantitative estimate of drug-likeness (QED) is 0.425. The van der Waals surface area contributed by atoms with Gasteiger partial charge in [-0.15, -0.1) is 0 Å². The lowest BCUT2D eigenvalue weighted by atomic mass is 9.64. The van der Waals surface area contributed by atoms with Crippen molar-refractivity contribution in [1.82, 2.24) is 4.90 Å². The highest BCUT2D eigenvalue weighted by atomic mass is 16.1. The predicted molar refractivity (Wildman–Crippen MR) is 133 cm³/mol. The number of nitrogens with two attached hydrogens (primary N) is 1. The Bertz CT molecular complexity index is 821. The number of nitrogens with zero attached hydrogens (tertiary/aromatic N) is 1. The summed E-state index contributed by atoms with van der Waals surface area (Å²) in [6.07, 6.45) is 11.3. The standard InChI is InChI=1S/C28H40N2O/c1-6-13-22(5)20-23(7-2)16-18-30-19-17-26(21-30)28(27(29)31,24(8-3)9-4)25-14-11-10-12-15-25/h8-12,14-15,20,26H,3,5-7,13,16-19,21H2,1-2,4H3,(H2,29,31)/b23-20+,24-9+/t26-,28?/m1/s1. The van der Waals surface area contributed by atoms with Gasteiger partial charge in [-0.2, -0.15) is 0 Å². The van der Waals surface area contributed by atoms with Gasteiger partial charge < -0.3 is 10.6 Å². The topological polar surface area (TPSA) is 46.3 Å². The molecule has 31 heavy (non-hydrogen) atoms. The van der Waals surface area contributed by atoms with Crippen LogP contribution in [0, 0.1) is 5.92 Å². The third-order valence-electron chi connectivity index (χ3n) is 6.67. The molecule has 1 aliphatic rings. The van der Waals surface area contributed by atoms with Gasteiger partial charge in [0.15, 0.2) is 0 Å². The van der Waals surface area contributed by atoms with E-state index in [4.69, 9.17) is 5.73 Å². The van der Waals surface area contributed by atoms with Crippen LogP contribution in [0.25, 0.3) is 0 Å². The van der Waals surface area contributed by atoms with Crippen molar-refractivity contribution in [3.8, 4) is 0 Å². The number of carbonyl (C=O) groups excluding carboxylic acids is 1. The fraction of sp³-hybridized carbons (Fsp3) is 0.464. The van der Waals surface area contributed by atoms with Crippen molar-refractivity contribution in [3.63, 3.8) is 0 Å².